The van der Waals surface area contributed by atoms with E-state index >= 15 is 4.79 Å². The predicted octanol–water partition coefficient (Wildman–Crippen LogP) is -7.50. The lowest BCUT2D eigenvalue weighted by atomic mass is 9.33. The number of aldehydes is 1. The van der Waals surface area contributed by atoms with Gasteiger partial charge in [-0.05, 0) is 118 Å². The van der Waals surface area contributed by atoms with Gasteiger partial charge in [-0.2, -0.15) is 0 Å². The molecule has 0 spiro atoms. The third-order valence-electron chi connectivity index (χ3n) is 28.5. The Morgan fingerprint density at radius 2 is 0.948 bits per heavy atom. The van der Waals surface area contributed by atoms with Crippen LogP contribution in [0.15, 0.2) is 11.6 Å². The summed E-state index contributed by atoms with van der Waals surface area (Å²) in [4.78, 5) is 43.6. The van der Waals surface area contributed by atoms with Gasteiger partial charge < -0.3 is 188 Å². The number of carbonyl (C=O) groups is 3. The van der Waals surface area contributed by atoms with E-state index in [4.69, 9.17) is 75.8 Å². The third kappa shape index (κ3) is 15.7. The van der Waals surface area contributed by atoms with Crippen molar-refractivity contribution in [3.8, 4) is 0 Å². The summed E-state index contributed by atoms with van der Waals surface area (Å²) in [5.41, 5.74) is -5.24. The standard InChI is InChI=1S/C75H118O40/c1-25-38(82)43(87)48(92)64(103-25)111-55-39(83)26(2)104-67(58(55)113-65-50(94)45(89)53(27(3)105-65)108-63-52(96)54(32(80)23-102-63)109-61-46(90)40(84)30(78)21-100-61)115-69(99)75-17-16-70(4,5)18-29(75)28-10-11-35-71(6)14-13-37(72(7,24-77)34(71)12-15-73(35,8)74(28,9)19-36(75)81)107-68-59(114-66-49(93)44(88)42(86)33(20-76)106-66)56(51(95)57(112-68)60(97)98)110-62-47(91)41(85)31(79)22-101-62/h10,24-27,29-59,61-68,76,78-96H,11-23H2,1-9H3,(H,97,98)/t25-,26+,27-,29-,30-,31+,32+,33+,34+,35+,36-,37+,38-,39-,40-,41+,42+,43+,44-,45+,46+,47+,48+,49-,50+,51+,52-,53+,54+,55-,56+,57-,58+,59-,61+,62-,63+,64-,65-,66+,67+,68-,71+,72+,73-,74+,75+/m1/s1. The number of aliphatic carboxylic acids is 1. The quantitative estimate of drug-likeness (QED) is 0.0247. The van der Waals surface area contributed by atoms with Crippen LogP contribution in [0.5, 0.6) is 0 Å². The van der Waals surface area contributed by atoms with E-state index in [1.165, 1.54) is 20.8 Å². The van der Waals surface area contributed by atoms with Crippen molar-refractivity contribution in [2.45, 2.75) is 360 Å². The van der Waals surface area contributed by atoms with Crippen molar-refractivity contribution < 1.29 is 197 Å². The highest BCUT2D eigenvalue weighted by atomic mass is 16.8. The van der Waals surface area contributed by atoms with Crippen molar-refractivity contribution in [3.63, 3.8) is 0 Å². The van der Waals surface area contributed by atoms with E-state index in [0.29, 0.717) is 38.5 Å². The molecule has 115 heavy (non-hydrogen) atoms. The molecule has 12 fully saturated rings. The van der Waals surface area contributed by atoms with Crippen LogP contribution in [-0.2, 0) is 90.2 Å². The summed E-state index contributed by atoms with van der Waals surface area (Å²) in [6.45, 7) is 13.7. The Balaban J connectivity index is 0.773. The zero-order valence-corrected chi connectivity index (χ0v) is 65.2. The number of allylic oxidation sites excluding steroid dienone is 2. The fourth-order valence-electron chi connectivity index (χ4n) is 21.4. The van der Waals surface area contributed by atoms with Gasteiger partial charge in [-0.1, -0.05) is 53.2 Å². The Morgan fingerprint density at radius 3 is 1.55 bits per heavy atom. The Hall–Kier alpha value is -3.05. The summed E-state index contributed by atoms with van der Waals surface area (Å²) < 4.78 is 96.8. The number of rotatable bonds is 19. The molecule has 0 aromatic heterocycles. The molecule has 8 saturated heterocycles. The number of hydrogen-bond acceptors (Lipinski definition) is 39. The van der Waals surface area contributed by atoms with Gasteiger partial charge in [0.05, 0.1) is 62.4 Å². The maximum atomic E-state index is 16.2. The zero-order valence-electron chi connectivity index (χ0n) is 65.2. The van der Waals surface area contributed by atoms with Gasteiger partial charge in [-0.25, -0.2) is 4.79 Å². The Morgan fingerprint density at radius 1 is 0.452 bits per heavy atom. The fraction of sp³-hybridized carbons (Fsp3) is 0.933. The fourth-order valence-corrected chi connectivity index (χ4v) is 21.4. The first-order valence-electron chi connectivity index (χ1n) is 39.8. The molecule has 8 heterocycles. The highest BCUT2D eigenvalue weighted by Crippen LogP contribution is 2.76. The van der Waals surface area contributed by atoms with Gasteiger partial charge in [-0.3, -0.25) is 4.79 Å². The second kappa shape index (κ2) is 33.9. The van der Waals surface area contributed by atoms with Crippen LogP contribution < -0.4 is 0 Å². The number of aliphatic hydroxyl groups excluding tert-OH is 20. The van der Waals surface area contributed by atoms with Gasteiger partial charge in [0.1, 0.15) is 158 Å². The minimum atomic E-state index is -2.24. The SMILES string of the molecule is C[C@@H]1O[C@@H](OC(=O)[C@@]23CCC(C)(C)C[C@@H]2C2=CC[C@H]4[C@@]5(C)CC[C@H](O[C@@H]6O[C@@H](C(=O)O)[C@@H](O)[C@H](O[C@H]7OC[C@H](O)[C@H](O)[C@@H]7O)[C@H]6O[C@@H]6O[C@@H](CO)[C@H](O)[C@@H](O)[C@H]6O)[C@@](C)(C=O)[C@H]5CC[C@@]4(C)[C@@]2(C)C[C@H]3O)[C@@H](O[C@H]2O[C@H](C)[C@H](O[C@@H]3OC[C@H](O)[C@H](O[C@@H]4OC[C@@H](O)[C@@H](O)[C@@H]4O)[C@H]3O)[C@@H](O)[C@@H]2O)[C@H](O[C@H]2O[C@H](C)[C@@H](O)[C@H](O)[C@@H]2O)[C@@H]1O. The summed E-state index contributed by atoms with van der Waals surface area (Å²) >= 11 is 0. The Bertz CT molecular complexity index is 3400. The van der Waals surface area contributed by atoms with E-state index in [-0.39, 0.29) is 25.2 Å². The average molecular weight is 1660 g/mol. The van der Waals surface area contributed by atoms with E-state index in [1.54, 1.807) is 6.92 Å². The summed E-state index contributed by atoms with van der Waals surface area (Å²) in [5.74, 6) is -4.30. The molecule has 0 amide bonds. The van der Waals surface area contributed by atoms with Crippen molar-refractivity contribution in [3.05, 3.63) is 11.6 Å². The van der Waals surface area contributed by atoms with Crippen LogP contribution in [0.2, 0.25) is 0 Å². The summed E-state index contributed by atoms with van der Waals surface area (Å²) in [6, 6.07) is 0. The molecule has 0 radical (unpaired) electrons. The van der Waals surface area contributed by atoms with Gasteiger partial charge in [0.15, 0.2) is 56.2 Å². The van der Waals surface area contributed by atoms with Crippen molar-refractivity contribution in [1.29, 1.82) is 0 Å². The van der Waals surface area contributed by atoms with Gasteiger partial charge in [0.2, 0.25) is 6.29 Å². The topological polar surface area (TPSA) is 624 Å². The maximum absolute atomic E-state index is 16.2. The monoisotopic (exact) mass is 1660 g/mol. The van der Waals surface area contributed by atoms with Crippen LogP contribution in [0.25, 0.3) is 0 Å². The Labute approximate surface area is 661 Å². The number of carboxylic acid groups (broad SMARTS) is 1. The van der Waals surface area contributed by atoms with E-state index in [0.717, 1.165) is 11.9 Å². The first-order chi connectivity index (χ1) is 53.9. The summed E-state index contributed by atoms with van der Waals surface area (Å²) in [5, 5.41) is 233. The molecule has 0 aromatic carbocycles. The molecule has 13 rings (SSSR count). The molecule has 658 valence electrons. The van der Waals surface area contributed by atoms with Gasteiger partial charge in [0, 0.05) is 0 Å². The molecule has 40 heteroatoms. The number of carboxylic acids is 1. The van der Waals surface area contributed by atoms with E-state index < -0.39 is 322 Å². The van der Waals surface area contributed by atoms with Crippen LogP contribution in [-0.4, -0.2) is 391 Å². The molecule has 47 atom stereocenters. The molecule has 21 N–H and O–H groups in total. The van der Waals surface area contributed by atoms with Crippen molar-refractivity contribution in [2.75, 3.05) is 26.4 Å². The zero-order chi connectivity index (χ0) is 83.9. The molecule has 4 saturated carbocycles. The number of fused-ring (bicyclic) bond motifs is 7. The molecular weight excluding hydrogens is 1540 g/mol. The molecule has 13 aliphatic rings. The lowest BCUT2D eigenvalue weighted by Gasteiger charge is -2.71. The number of ether oxygens (including phenoxy) is 16. The predicted molar refractivity (Wildman–Crippen MR) is 373 cm³/mol. The number of hydrogen-bond donors (Lipinski definition) is 21. The van der Waals surface area contributed by atoms with Crippen LogP contribution >= 0.6 is 0 Å². The van der Waals surface area contributed by atoms with Gasteiger partial charge >= 0.3 is 11.9 Å². The molecule has 0 bridgehead atoms. The molecule has 5 aliphatic carbocycles. The second-order valence-corrected chi connectivity index (χ2v) is 35.9. The minimum Gasteiger partial charge on any atom is -0.479 e. The number of carbonyl (C=O) groups excluding carboxylic acids is 2. The molecule has 8 aliphatic heterocycles. The Kier molecular flexibility index (Phi) is 26.4. The van der Waals surface area contributed by atoms with Crippen molar-refractivity contribution in [2.24, 2.45) is 50.2 Å². The molecular formula is C75H118O40. The number of esters is 1. The van der Waals surface area contributed by atoms with Gasteiger partial charge in [-0.15, -0.1) is 0 Å². The van der Waals surface area contributed by atoms with Crippen molar-refractivity contribution in [1.82, 2.24) is 0 Å². The summed E-state index contributed by atoms with van der Waals surface area (Å²) in [7, 11) is 0. The maximum Gasteiger partial charge on any atom is 0.335 e. The van der Waals surface area contributed by atoms with E-state index in [1.807, 2.05) is 13.8 Å². The highest BCUT2D eigenvalue weighted by molar-refractivity contribution is 5.80. The lowest BCUT2D eigenvalue weighted by Crippen LogP contribution is -2.69. The van der Waals surface area contributed by atoms with Crippen molar-refractivity contribution >= 4 is 18.2 Å². The summed E-state index contributed by atoms with van der Waals surface area (Å²) in [6.07, 6.45) is -65.0. The van der Waals surface area contributed by atoms with Crippen LogP contribution in [0.3, 0.4) is 0 Å². The second-order valence-electron chi connectivity index (χ2n) is 35.9. The largest absolute Gasteiger partial charge is 0.479 e. The smallest absolute Gasteiger partial charge is 0.335 e. The van der Waals surface area contributed by atoms with E-state index in [9.17, 15) is 117 Å². The third-order valence-corrected chi connectivity index (χ3v) is 28.5. The first-order valence-corrected chi connectivity index (χ1v) is 39.8. The lowest BCUT2D eigenvalue weighted by molar-refractivity contribution is -0.392. The van der Waals surface area contributed by atoms with Gasteiger partial charge in [0.25, 0.3) is 0 Å². The first kappa shape index (κ1) is 89.7. The molecule has 0 aromatic rings. The molecule has 0 unspecified atom stereocenters. The molecule has 40 nitrogen and oxygen atoms in total. The minimum absolute atomic E-state index is 0.0203. The normalized spacial score (nSPS) is 55.4. The average Bonchev–Trinajstić information content (AvgIpc) is 0.669. The highest BCUT2D eigenvalue weighted by Gasteiger charge is 2.73. The van der Waals surface area contributed by atoms with Crippen LogP contribution in [0, 0.1) is 50.2 Å². The van der Waals surface area contributed by atoms with Crippen LogP contribution in [0.4, 0.5) is 0 Å². The number of aliphatic hydroxyl groups is 20. The van der Waals surface area contributed by atoms with Crippen LogP contribution in [0.1, 0.15) is 120 Å². The van der Waals surface area contributed by atoms with E-state index in [2.05, 4.69) is 26.8 Å².